The average Bonchev–Trinajstić information content (AvgIpc) is 2.52. The fourth-order valence-electron chi connectivity index (χ4n) is 2.27. The van der Waals surface area contributed by atoms with Crippen LogP contribution in [-0.4, -0.2) is 17.0 Å². The number of amides is 1. The molecule has 4 heteroatoms. The van der Waals surface area contributed by atoms with Gasteiger partial charge in [0.2, 0.25) is 0 Å². The first kappa shape index (κ1) is 16.7. The molecule has 0 fully saturated rings. The van der Waals surface area contributed by atoms with Crippen LogP contribution in [0.5, 0.6) is 0 Å². The number of carbonyl (C=O) groups is 2. The minimum absolute atomic E-state index is 0.00262. The Balaban J connectivity index is 2.18. The highest BCUT2D eigenvalue weighted by atomic mass is 16.4. The fourth-order valence-corrected chi connectivity index (χ4v) is 2.27. The van der Waals surface area contributed by atoms with E-state index in [2.05, 4.69) is 26.1 Å². The molecule has 0 saturated heterocycles. The Labute approximate surface area is 136 Å². The van der Waals surface area contributed by atoms with Crippen molar-refractivity contribution in [3.05, 3.63) is 71.3 Å². The van der Waals surface area contributed by atoms with E-state index in [1.165, 1.54) is 0 Å². The van der Waals surface area contributed by atoms with Crippen LogP contribution in [-0.2, 0) is 10.2 Å². The monoisotopic (exact) mass is 311 g/mol. The maximum Gasteiger partial charge on any atom is 0.330 e. The van der Waals surface area contributed by atoms with Crippen LogP contribution in [0.1, 0.15) is 48.3 Å². The molecule has 2 aromatic carbocycles. The smallest absolute Gasteiger partial charge is 0.330 e. The van der Waals surface area contributed by atoms with Crippen LogP contribution < -0.4 is 5.32 Å². The molecule has 0 radical (unpaired) electrons. The van der Waals surface area contributed by atoms with Crippen molar-refractivity contribution in [3.8, 4) is 0 Å². The zero-order chi connectivity index (χ0) is 17.0. The van der Waals surface area contributed by atoms with Crippen LogP contribution in [0, 0.1) is 0 Å². The SMILES string of the molecule is CC(C)(C)c1ccc(C(=O)NC(C(=O)O)c2ccccc2)cc1. The molecule has 1 atom stereocenters. The number of hydrogen-bond donors (Lipinski definition) is 2. The summed E-state index contributed by atoms with van der Waals surface area (Å²) in [6, 6.07) is 14.8. The van der Waals surface area contributed by atoms with E-state index >= 15 is 0 Å². The molecule has 0 heterocycles. The maximum absolute atomic E-state index is 12.3. The lowest BCUT2D eigenvalue weighted by Gasteiger charge is -2.19. The van der Waals surface area contributed by atoms with Crippen LogP contribution >= 0.6 is 0 Å². The van der Waals surface area contributed by atoms with Gasteiger partial charge in [-0.15, -0.1) is 0 Å². The second-order valence-electron chi connectivity index (χ2n) is 6.48. The summed E-state index contributed by atoms with van der Waals surface area (Å²) in [5.41, 5.74) is 2.11. The molecule has 2 rings (SSSR count). The molecule has 0 spiro atoms. The predicted molar refractivity (Wildman–Crippen MR) is 89.4 cm³/mol. The van der Waals surface area contributed by atoms with Gasteiger partial charge in [-0.25, -0.2) is 4.79 Å². The highest BCUT2D eigenvalue weighted by molar-refractivity contribution is 5.96. The van der Waals surface area contributed by atoms with E-state index in [4.69, 9.17) is 0 Å². The van der Waals surface area contributed by atoms with E-state index in [0.717, 1.165) is 5.56 Å². The van der Waals surface area contributed by atoms with Gasteiger partial charge < -0.3 is 10.4 Å². The molecular formula is C19H21NO3. The fraction of sp³-hybridized carbons (Fsp3) is 0.263. The normalized spacial score (nSPS) is 12.5. The Hall–Kier alpha value is -2.62. The molecule has 0 bridgehead atoms. The first-order valence-electron chi connectivity index (χ1n) is 7.48. The third-order valence-electron chi connectivity index (χ3n) is 3.67. The number of carboxylic acids is 1. The van der Waals surface area contributed by atoms with E-state index in [1.807, 2.05) is 12.1 Å². The Kier molecular flexibility index (Phi) is 4.84. The van der Waals surface area contributed by atoms with Crippen molar-refractivity contribution in [2.75, 3.05) is 0 Å². The summed E-state index contributed by atoms with van der Waals surface area (Å²) >= 11 is 0. The minimum atomic E-state index is -1.09. The van der Waals surface area contributed by atoms with Crippen molar-refractivity contribution in [2.24, 2.45) is 0 Å². The molecule has 1 unspecified atom stereocenters. The largest absolute Gasteiger partial charge is 0.479 e. The quantitative estimate of drug-likeness (QED) is 0.907. The maximum atomic E-state index is 12.3. The topological polar surface area (TPSA) is 66.4 Å². The molecule has 2 aromatic rings. The van der Waals surface area contributed by atoms with E-state index in [-0.39, 0.29) is 5.41 Å². The van der Waals surface area contributed by atoms with Crippen LogP contribution in [0.15, 0.2) is 54.6 Å². The van der Waals surface area contributed by atoms with Crippen molar-refractivity contribution in [3.63, 3.8) is 0 Å². The number of aliphatic carboxylic acids is 1. The molecule has 0 aliphatic heterocycles. The third kappa shape index (κ3) is 4.19. The van der Waals surface area contributed by atoms with Gasteiger partial charge in [-0.1, -0.05) is 63.2 Å². The molecule has 120 valence electrons. The Morgan fingerprint density at radius 1 is 0.957 bits per heavy atom. The van der Waals surface area contributed by atoms with Gasteiger partial charge in [-0.2, -0.15) is 0 Å². The highest BCUT2D eigenvalue weighted by Gasteiger charge is 2.22. The Morgan fingerprint density at radius 2 is 1.52 bits per heavy atom. The number of carbonyl (C=O) groups excluding carboxylic acids is 1. The predicted octanol–water partition coefficient (Wildman–Crippen LogP) is 3.54. The molecule has 0 saturated carbocycles. The molecule has 4 nitrogen and oxygen atoms in total. The van der Waals surface area contributed by atoms with Crippen LogP contribution in [0.4, 0.5) is 0 Å². The molecule has 0 aliphatic carbocycles. The summed E-state index contributed by atoms with van der Waals surface area (Å²) in [7, 11) is 0. The Bertz CT molecular complexity index is 685. The van der Waals surface area contributed by atoms with Gasteiger partial charge in [0.15, 0.2) is 6.04 Å². The van der Waals surface area contributed by atoms with E-state index in [1.54, 1.807) is 42.5 Å². The minimum Gasteiger partial charge on any atom is -0.479 e. The number of benzene rings is 2. The molecule has 0 aliphatic rings. The zero-order valence-electron chi connectivity index (χ0n) is 13.5. The lowest BCUT2D eigenvalue weighted by molar-refractivity contribution is -0.139. The van der Waals surface area contributed by atoms with Gasteiger partial charge >= 0.3 is 5.97 Å². The van der Waals surface area contributed by atoms with E-state index in [0.29, 0.717) is 11.1 Å². The first-order chi connectivity index (χ1) is 10.8. The van der Waals surface area contributed by atoms with Crippen LogP contribution in [0.3, 0.4) is 0 Å². The molecular weight excluding hydrogens is 290 g/mol. The lowest BCUT2D eigenvalue weighted by Crippen LogP contribution is -2.33. The lowest BCUT2D eigenvalue weighted by atomic mass is 9.86. The van der Waals surface area contributed by atoms with Gasteiger partial charge in [0.25, 0.3) is 5.91 Å². The molecule has 1 amide bonds. The van der Waals surface area contributed by atoms with Crippen molar-refractivity contribution < 1.29 is 14.7 Å². The second-order valence-corrected chi connectivity index (χ2v) is 6.48. The standard InChI is InChI=1S/C19H21NO3/c1-19(2,3)15-11-9-14(10-12-15)17(21)20-16(18(22)23)13-7-5-4-6-8-13/h4-12,16H,1-3H3,(H,20,21)(H,22,23). The first-order valence-corrected chi connectivity index (χ1v) is 7.48. The summed E-state index contributed by atoms with van der Waals surface area (Å²) in [5, 5.41) is 11.9. The summed E-state index contributed by atoms with van der Waals surface area (Å²) < 4.78 is 0. The zero-order valence-corrected chi connectivity index (χ0v) is 13.5. The highest BCUT2D eigenvalue weighted by Crippen LogP contribution is 2.22. The van der Waals surface area contributed by atoms with Crippen molar-refractivity contribution >= 4 is 11.9 Å². The van der Waals surface area contributed by atoms with Crippen LogP contribution in [0.25, 0.3) is 0 Å². The molecule has 23 heavy (non-hydrogen) atoms. The van der Waals surface area contributed by atoms with Crippen LogP contribution in [0.2, 0.25) is 0 Å². The van der Waals surface area contributed by atoms with Gasteiger partial charge in [-0.05, 0) is 28.7 Å². The average molecular weight is 311 g/mol. The number of carboxylic acid groups (broad SMARTS) is 1. The summed E-state index contributed by atoms with van der Waals surface area (Å²) in [6.07, 6.45) is 0. The van der Waals surface area contributed by atoms with E-state index < -0.39 is 17.9 Å². The number of hydrogen-bond acceptors (Lipinski definition) is 2. The van der Waals surface area contributed by atoms with Gasteiger partial charge in [-0.3, -0.25) is 4.79 Å². The summed E-state index contributed by atoms with van der Waals surface area (Å²) in [5.74, 6) is -1.49. The third-order valence-corrected chi connectivity index (χ3v) is 3.67. The van der Waals surface area contributed by atoms with Gasteiger partial charge in [0, 0.05) is 5.56 Å². The van der Waals surface area contributed by atoms with Crippen molar-refractivity contribution in [2.45, 2.75) is 32.2 Å². The summed E-state index contributed by atoms with van der Waals surface area (Å²) in [6.45, 7) is 6.29. The van der Waals surface area contributed by atoms with Gasteiger partial charge in [0.05, 0.1) is 0 Å². The molecule has 0 aromatic heterocycles. The number of nitrogens with one attached hydrogen (secondary N) is 1. The Morgan fingerprint density at radius 3 is 2.00 bits per heavy atom. The summed E-state index contributed by atoms with van der Waals surface area (Å²) in [4.78, 5) is 23.8. The van der Waals surface area contributed by atoms with Crippen molar-refractivity contribution in [1.82, 2.24) is 5.32 Å². The van der Waals surface area contributed by atoms with E-state index in [9.17, 15) is 14.7 Å². The molecule has 2 N–H and O–H groups in total. The second kappa shape index (κ2) is 6.65. The number of rotatable bonds is 4. The van der Waals surface area contributed by atoms with Gasteiger partial charge in [0.1, 0.15) is 0 Å². The van der Waals surface area contributed by atoms with Crippen molar-refractivity contribution in [1.29, 1.82) is 0 Å².